The molecule has 0 spiro atoms. The first kappa shape index (κ1) is 12.1. The summed E-state index contributed by atoms with van der Waals surface area (Å²) < 4.78 is 3.26. The van der Waals surface area contributed by atoms with Gasteiger partial charge in [-0.05, 0) is 40.3 Å². The normalized spacial score (nSPS) is 13.0. The van der Waals surface area contributed by atoms with E-state index in [2.05, 4.69) is 52.0 Å². The number of benzene rings is 1. The largest absolute Gasteiger partial charge is 0.324 e. The van der Waals surface area contributed by atoms with Crippen molar-refractivity contribution in [3.8, 4) is 0 Å². The Labute approximate surface area is 123 Å². The van der Waals surface area contributed by atoms with Gasteiger partial charge in [0, 0.05) is 33.8 Å². The number of imidazole rings is 1. The molecular formula is C13H12IN3S. The summed E-state index contributed by atoms with van der Waals surface area (Å²) in [4.78, 5) is 5.59. The third-order valence-corrected chi connectivity index (χ3v) is 4.29. The van der Waals surface area contributed by atoms with E-state index in [4.69, 9.17) is 5.73 Å². The van der Waals surface area contributed by atoms with Crippen LogP contribution in [0.1, 0.15) is 17.3 Å². The van der Waals surface area contributed by atoms with E-state index in [-0.39, 0.29) is 6.04 Å². The Balaban J connectivity index is 1.81. The molecule has 1 unspecified atom stereocenters. The van der Waals surface area contributed by atoms with Gasteiger partial charge in [0.1, 0.15) is 0 Å². The monoisotopic (exact) mass is 369 g/mol. The Kier molecular flexibility index (Phi) is 3.36. The number of aromatic nitrogens is 2. The third kappa shape index (κ3) is 2.43. The molecule has 3 nitrogen and oxygen atoms in total. The maximum absolute atomic E-state index is 6.24. The zero-order chi connectivity index (χ0) is 12.5. The number of hydrogen-bond acceptors (Lipinski definition) is 3. The number of fused-ring (bicyclic) bond motifs is 1. The number of rotatable bonds is 3. The molecule has 5 heteroatoms. The smallest absolute Gasteiger partial charge is 0.193 e. The lowest BCUT2D eigenvalue weighted by Gasteiger charge is -2.10. The van der Waals surface area contributed by atoms with Crippen LogP contribution in [0.2, 0.25) is 0 Å². The Morgan fingerprint density at radius 1 is 1.44 bits per heavy atom. The van der Waals surface area contributed by atoms with Crippen molar-refractivity contribution in [3.63, 3.8) is 0 Å². The molecule has 0 aliphatic heterocycles. The van der Waals surface area contributed by atoms with Gasteiger partial charge in [-0.25, -0.2) is 4.98 Å². The van der Waals surface area contributed by atoms with Crippen molar-refractivity contribution in [1.82, 2.24) is 9.38 Å². The van der Waals surface area contributed by atoms with Gasteiger partial charge in [-0.2, -0.15) is 0 Å². The van der Waals surface area contributed by atoms with Crippen LogP contribution in [0.5, 0.6) is 0 Å². The Morgan fingerprint density at radius 3 is 3.11 bits per heavy atom. The fourth-order valence-corrected chi connectivity index (χ4v) is 3.24. The quantitative estimate of drug-likeness (QED) is 0.721. The highest BCUT2D eigenvalue weighted by Crippen LogP contribution is 2.19. The zero-order valence-electron chi connectivity index (χ0n) is 9.58. The van der Waals surface area contributed by atoms with Crippen LogP contribution in [-0.4, -0.2) is 9.38 Å². The lowest BCUT2D eigenvalue weighted by Crippen LogP contribution is -2.13. The molecule has 3 aromatic rings. The molecule has 0 radical (unpaired) electrons. The number of nitrogens with two attached hydrogens (primary N) is 1. The van der Waals surface area contributed by atoms with Gasteiger partial charge in [-0.1, -0.05) is 12.1 Å². The Hall–Kier alpha value is -0.920. The molecule has 0 amide bonds. The van der Waals surface area contributed by atoms with Crippen molar-refractivity contribution in [3.05, 3.63) is 56.9 Å². The van der Waals surface area contributed by atoms with Crippen LogP contribution in [0.15, 0.2) is 42.0 Å². The maximum atomic E-state index is 6.24. The van der Waals surface area contributed by atoms with E-state index in [1.165, 1.54) is 9.13 Å². The molecule has 3 rings (SSSR count). The fraction of sp³-hybridized carbons (Fsp3) is 0.154. The highest BCUT2D eigenvalue weighted by Gasteiger charge is 2.10. The van der Waals surface area contributed by atoms with Gasteiger partial charge >= 0.3 is 0 Å². The van der Waals surface area contributed by atoms with Crippen LogP contribution in [0.3, 0.4) is 0 Å². The van der Waals surface area contributed by atoms with Crippen LogP contribution in [0.25, 0.3) is 4.96 Å². The van der Waals surface area contributed by atoms with Gasteiger partial charge in [0.2, 0.25) is 0 Å². The molecule has 0 saturated heterocycles. The predicted octanol–water partition coefficient (Wildman–Crippen LogP) is 3.24. The van der Waals surface area contributed by atoms with Crippen molar-refractivity contribution >= 4 is 38.9 Å². The van der Waals surface area contributed by atoms with Gasteiger partial charge in [0.05, 0.1) is 5.69 Å². The van der Waals surface area contributed by atoms with Gasteiger partial charge in [-0.3, -0.25) is 4.40 Å². The van der Waals surface area contributed by atoms with Gasteiger partial charge in [-0.15, -0.1) is 11.3 Å². The first-order valence-electron chi connectivity index (χ1n) is 5.64. The molecule has 2 heterocycles. The van der Waals surface area contributed by atoms with E-state index >= 15 is 0 Å². The number of thiazole rings is 1. The zero-order valence-corrected chi connectivity index (χ0v) is 12.6. The molecule has 2 N–H and O–H groups in total. The summed E-state index contributed by atoms with van der Waals surface area (Å²) in [5, 5.41) is 2.03. The molecule has 0 aliphatic rings. The minimum Gasteiger partial charge on any atom is -0.324 e. The topological polar surface area (TPSA) is 43.3 Å². The second kappa shape index (κ2) is 4.99. The van der Waals surface area contributed by atoms with Crippen molar-refractivity contribution in [1.29, 1.82) is 0 Å². The molecule has 18 heavy (non-hydrogen) atoms. The molecule has 0 aliphatic carbocycles. The van der Waals surface area contributed by atoms with Crippen molar-refractivity contribution in [2.75, 3.05) is 0 Å². The molecule has 0 bridgehead atoms. The maximum Gasteiger partial charge on any atom is 0.193 e. The second-order valence-electron chi connectivity index (χ2n) is 4.19. The SMILES string of the molecule is NC(Cc1cn2ccsc2n1)c1cccc(I)c1. The van der Waals surface area contributed by atoms with E-state index in [1.807, 2.05) is 22.0 Å². The summed E-state index contributed by atoms with van der Waals surface area (Å²) in [6, 6.07) is 8.32. The first-order chi connectivity index (χ1) is 8.72. The second-order valence-corrected chi connectivity index (χ2v) is 6.31. The van der Waals surface area contributed by atoms with Crippen LogP contribution in [0, 0.1) is 3.57 Å². The molecular weight excluding hydrogens is 357 g/mol. The van der Waals surface area contributed by atoms with Crippen molar-refractivity contribution < 1.29 is 0 Å². The highest BCUT2D eigenvalue weighted by atomic mass is 127. The number of nitrogens with zero attached hydrogens (tertiary/aromatic N) is 2. The summed E-state index contributed by atoms with van der Waals surface area (Å²) in [5.74, 6) is 0. The van der Waals surface area contributed by atoms with Gasteiger partial charge in [0.15, 0.2) is 4.96 Å². The fourth-order valence-electron chi connectivity index (χ4n) is 1.95. The lowest BCUT2D eigenvalue weighted by molar-refractivity contribution is 0.710. The van der Waals surface area contributed by atoms with Crippen LogP contribution < -0.4 is 5.73 Å². The Bertz CT molecular complexity index is 645. The molecule has 2 aromatic heterocycles. The third-order valence-electron chi connectivity index (χ3n) is 2.85. The van der Waals surface area contributed by atoms with Crippen LogP contribution in [-0.2, 0) is 6.42 Å². The molecule has 0 saturated carbocycles. The van der Waals surface area contributed by atoms with E-state index in [1.54, 1.807) is 11.3 Å². The van der Waals surface area contributed by atoms with Crippen LogP contribution in [0.4, 0.5) is 0 Å². The number of halogens is 1. The summed E-state index contributed by atoms with van der Waals surface area (Å²) in [7, 11) is 0. The standard InChI is InChI=1S/C13H12IN3S/c14-10-3-1-2-9(6-10)12(15)7-11-8-17-4-5-18-13(17)16-11/h1-6,8,12H,7,15H2. The average molecular weight is 369 g/mol. The lowest BCUT2D eigenvalue weighted by atomic mass is 10.0. The molecule has 0 fully saturated rings. The van der Waals surface area contributed by atoms with E-state index in [0.29, 0.717) is 0 Å². The number of hydrogen-bond donors (Lipinski definition) is 1. The minimum absolute atomic E-state index is 0.00400. The molecule has 92 valence electrons. The van der Waals surface area contributed by atoms with Gasteiger partial charge < -0.3 is 5.73 Å². The first-order valence-corrected chi connectivity index (χ1v) is 7.60. The van der Waals surface area contributed by atoms with E-state index < -0.39 is 0 Å². The summed E-state index contributed by atoms with van der Waals surface area (Å²) in [6.45, 7) is 0. The highest BCUT2D eigenvalue weighted by molar-refractivity contribution is 14.1. The molecule has 1 atom stereocenters. The van der Waals surface area contributed by atoms with E-state index in [9.17, 15) is 0 Å². The van der Waals surface area contributed by atoms with Crippen LogP contribution >= 0.6 is 33.9 Å². The predicted molar refractivity (Wildman–Crippen MR) is 82.9 cm³/mol. The Morgan fingerprint density at radius 2 is 2.33 bits per heavy atom. The summed E-state index contributed by atoms with van der Waals surface area (Å²) in [6.07, 6.45) is 4.85. The van der Waals surface area contributed by atoms with Crippen molar-refractivity contribution in [2.24, 2.45) is 5.73 Å². The van der Waals surface area contributed by atoms with E-state index in [0.717, 1.165) is 17.1 Å². The summed E-state index contributed by atoms with van der Waals surface area (Å²) >= 11 is 3.95. The van der Waals surface area contributed by atoms with Crippen molar-refractivity contribution in [2.45, 2.75) is 12.5 Å². The minimum atomic E-state index is 0.00400. The van der Waals surface area contributed by atoms with Gasteiger partial charge in [0.25, 0.3) is 0 Å². The summed E-state index contributed by atoms with van der Waals surface area (Å²) in [5.41, 5.74) is 8.45. The average Bonchev–Trinajstić information content (AvgIpc) is 2.89. The molecule has 1 aromatic carbocycles.